The van der Waals surface area contributed by atoms with E-state index in [0.29, 0.717) is 0 Å². The van der Waals surface area contributed by atoms with Crippen LogP contribution < -0.4 is 0 Å². The largest absolute Gasteiger partial charge is 0.335 e. The lowest BCUT2D eigenvalue weighted by molar-refractivity contribution is 0.424. The summed E-state index contributed by atoms with van der Waals surface area (Å²) in [4.78, 5) is 0. The Hall–Kier alpha value is -4.56. The summed E-state index contributed by atoms with van der Waals surface area (Å²) in [7, 11) is 0. The van der Waals surface area contributed by atoms with Crippen LogP contribution in [0, 0.1) is 0 Å². The number of para-hydroxylation sites is 2. The van der Waals surface area contributed by atoms with Crippen molar-refractivity contribution >= 4 is 65.2 Å². The van der Waals surface area contributed by atoms with Crippen LogP contribution in [0.25, 0.3) is 70.8 Å². The lowest BCUT2D eigenvalue weighted by Crippen LogP contribution is -2.21. The highest BCUT2D eigenvalue weighted by atomic mass is 15.1. The van der Waals surface area contributed by atoms with E-state index in [4.69, 9.17) is 0 Å². The van der Waals surface area contributed by atoms with Crippen molar-refractivity contribution in [2.24, 2.45) is 0 Å². The van der Waals surface area contributed by atoms with Crippen molar-refractivity contribution in [2.45, 2.75) is 26.3 Å². The molecule has 2 nitrogen and oxygen atoms in total. The second-order valence-corrected chi connectivity index (χ2v) is 11.5. The Bertz CT molecular complexity index is 2200. The zero-order valence-corrected chi connectivity index (χ0v) is 21.9. The van der Waals surface area contributed by atoms with Gasteiger partial charge in [-0.05, 0) is 90.8 Å². The maximum atomic E-state index is 2.55. The standard InChI is InChI=1S/C36H28N2/c1-36(2,3)38-31-16-10-9-15-28(31)29-17-18-32-34(35(29)38)30-21-25-19-23-11-7-8-12-24(23)20-26(25)22-33(30)37(32)27-13-5-4-6-14-27/h4-22H,1-3H3. The Kier molecular flexibility index (Phi) is 4.24. The molecule has 8 aromatic rings. The molecule has 0 N–H and O–H groups in total. The Morgan fingerprint density at radius 3 is 1.87 bits per heavy atom. The van der Waals surface area contributed by atoms with Gasteiger partial charge in [0.05, 0.1) is 16.6 Å². The molecule has 182 valence electrons. The average Bonchev–Trinajstić information content (AvgIpc) is 3.43. The van der Waals surface area contributed by atoms with Gasteiger partial charge >= 0.3 is 0 Å². The summed E-state index contributed by atoms with van der Waals surface area (Å²) >= 11 is 0. The van der Waals surface area contributed by atoms with Gasteiger partial charge in [-0.2, -0.15) is 0 Å². The first kappa shape index (κ1) is 21.5. The predicted octanol–water partition coefficient (Wildman–Crippen LogP) is 9.95. The van der Waals surface area contributed by atoms with Crippen molar-refractivity contribution in [1.29, 1.82) is 0 Å². The molecule has 0 radical (unpaired) electrons. The van der Waals surface area contributed by atoms with E-state index in [1.807, 2.05) is 0 Å². The van der Waals surface area contributed by atoms with Gasteiger partial charge in [-0.1, -0.05) is 66.7 Å². The molecule has 0 spiro atoms. The predicted molar refractivity (Wildman–Crippen MR) is 164 cm³/mol. The van der Waals surface area contributed by atoms with Crippen molar-refractivity contribution in [2.75, 3.05) is 0 Å². The molecule has 0 aliphatic heterocycles. The number of hydrogen-bond acceptors (Lipinski definition) is 0. The van der Waals surface area contributed by atoms with Crippen molar-refractivity contribution in [1.82, 2.24) is 9.13 Å². The van der Waals surface area contributed by atoms with Gasteiger partial charge in [0.15, 0.2) is 0 Å². The highest BCUT2D eigenvalue weighted by Crippen LogP contribution is 2.43. The summed E-state index contributed by atoms with van der Waals surface area (Å²) in [6.45, 7) is 6.95. The summed E-state index contributed by atoms with van der Waals surface area (Å²) in [6.07, 6.45) is 0. The molecule has 6 aromatic carbocycles. The second kappa shape index (κ2) is 7.49. The molecule has 0 atom stereocenters. The fourth-order valence-electron chi connectivity index (χ4n) is 6.55. The lowest BCUT2D eigenvalue weighted by Gasteiger charge is -2.24. The molecule has 0 aliphatic rings. The smallest absolute Gasteiger partial charge is 0.0598 e. The monoisotopic (exact) mass is 488 g/mol. The van der Waals surface area contributed by atoms with E-state index >= 15 is 0 Å². The molecule has 2 heteroatoms. The van der Waals surface area contributed by atoms with Gasteiger partial charge in [0.2, 0.25) is 0 Å². The van der Waals surface area contributed by atoms with Crippen LogP contribution in [-0.2, 0) is 5.54 Å². The van der Waals surface area contributed by atoms with E-state index in [2.05, 4.69) is 145 Å². The van der Waals surface area contributed by atoms with Crippen molar-refractivity contribution < 1.29 is 0 Å². The third-order valence-corrected chi connectivity index (χ3v) is 8.07. The van der Waals surface area contributed by atoms with E-state index < -0.39 is 0 Å². The average molecular weight is 489 g/mol. The maximum Gasteiger partial charge on any atom is 0.0598 e. The van der Waals surface area contributed by atoms with Crippen molar-refractivity contribution in [3.05, 3.63) is 115 Å². The highest BCUT2D eigenvalue weighted by Gasteiger charge is 2.25. The molecule has 0 bridgehead atoms. The minimum atomic E-state index is -0.0795. The summed E-state index contributed by atoms with van der Waals surface area (Å²) in [5, 5.41) is 10.3. The zero-order valence-electron chi connectivity index (χ0n) is 21.9. The molecule has 0 amide bonds. The van der Waals surface area contributed by atoms with Gasteiger partial charge in [0, 0.05) is 38.3 Å². The fourth-order valence-corrected chi connectivity index (χ4v) is 6.55. The topological polar surface area (TPSA) is 9.86 Å². The van der Waals surface area contributed by atoms with Gasteiger partial charge in [0.1, 0.15) is 0 Å². The van der Waals surface area contributed by atoms with Crippen LogP contribution in [0.3, 0.4) is 0 Å². The number of rotatable bonds is 1. The quantitative estimate of drug-likeness (QED) is 0.203. The molecular weight excluding hydrogens is 460 g/mol. The normalized spacial score (nSPS) is 12.6. The molecular formula is C36H28N2. The van der Waals surface area contributed by atoms with Gasteiger partial charge in [-0.25, -0.2) is 0 Å². The van der Waals surface area contributed by atoms with Crippen LogP contribution in [0.4, 0.5) is 0 Å². The van der Waals surface area contributed by atoms with Crippen LogP contribution >= 0.6 is 0 Å². The van der Waals surface area contributed by atoms with E-state index in [9.17, 15) is 0 Å². The minimum Gasteiger partial charge on any atom is -0.335 e. The fraction of sp³-hybridized carbons (Fsp3) is 0.111. The van der Waals surface area contributed by atoms with Gasteiger partial charge in [-0.15, -0.1) is 0 Å². The van der Waals surface area contributed by atoms with Gasteiger partial charge in [0.25, 0.3) is 0 Å². The number of nitrogens with zero attached hydrogens (tertiary/aromatic N) is 2. The highest BCUT2D eigenvalue weighted by molar-refractivity contribution is 6.27. The molecule has 38 heavy (non-hydrogen) atoms. The van der Waals surface area contributed by atoms with Crippen LogP contribution in [0.15, 0.2) is 115 Å². The van der Waals surface area contributed by atoms with Crippen LogP contribution in [0.2, 0.25) is 0 Å². The number of hydrogen-bond donors (Lipinski definition) is 0. The Labute approximate surface area is 221 Å². The van der Waals surface area contributed by atoms with Crippen LogP contribution in [0.5, 0.6) is 0 Å². The number of benzene rings is 6. The third-order valence-electron chi connectivity index (χ3n) is 8.07. The van der Waals surface area contributed by atoms with E-state index in [0.717, 1.165) is 0 Å². The first-order valence-corrected chi connectivity index (χ1v) is 13.4. The molecule has 0 saturated carbocycles. The zero-order chi connectivity index (χ0) is 25.6. The summed E-state index contributed by atoms with van der Waals surface area (Å²) in [5.41, 5.74) is 6.19. The maximum absolute atomic E-state index is 2.55. The first-order chi connectivity index (χ1) is 18.5. The molecule has 0 unspecified atom stereocenters. The Balaban J connectivity index is 1.66. The molecule has 8 rings (SSSR count). The van der Waals surface area contributed by atoms with E-state index in [1.54, 1.807) is 0 Å². The van der Waals surface area contributed by atoms with E-state index in [1.165, 1.54) is 70.8 Å². The SMILES string of the molecule is CC(C)(C)n1c2ccccc2c2ccc3c(c4cc5cc6ccccc6cc5cc4n3-c3ccccc3)c21. The van der Waals surface area contributed by atoms with Crippen molar-refractivity contribution in [3.63, 3.8) is 0 Å². The summed E-state index contributed by atoms with van der Waals surface area (Å²) in [5.74, 6) is 0. The lowest BCUT2D eigenvalue weighted by atomic mass is 10.0. The van der Waals surface area contributed by atoms with Gasteiger partial charge in [-0.3, -0.25) is 0 Å². The van der Waals surface area contributed by atoms with E-state index in [-0.39, 0.29) is 5.54 Å². The molecule has 2 aromatic heterocycles. The van der Waals surface area contributed by atoms with Crippen molar-refractivity contribution in [3.8, 4) is 5.69 Å². The van der Waals surface area contributed by atoms with Gasteiger partial charge < -0.3 is 9.13 Å². The molecule has 0 saturated heterocycles. The second-order valence-electron chi connectivity index (χ2n) is 11.5. The Morgan fingerprint density at radius 2 is 1.13 bits per heavy atom. The third kappa shape index (κ3) is 2.89. The molecule has 2 heterocycles. The van der Waals surface area contributed by atoms with Crippen LogP contribution in [-0.4, -0.2) is 9.13 Å². The number of fused-ring (bicyclic) bond motifs is 9. The summed E-state index contributed by atoms with van der Waals surface area (Å²) < 4.78 is 5.00. The summed E-state index contributed by atoms with van der Waals surface area (Å²) in [6, 6.07) is 42.4. The molecule has 0 fully saturated rings. The van der Waals surface area contributed by atoms with Crippen LogP contribution in [0.1, 0.15) is 20.8 Å². The minimum absolute atomic E-state index is 0.0795. The first-order valence-electron chi connectivity index (χ1n) is 13.4. The molecule has 0 aliphatic carbocycles. The Morgan fingerprint density at radius 1 is 0.474 bits per heavy atom. The number of aromatic nitrogens is 2.